The number of pyridine rings is 2. The molecule has 0 radical (unpaired) electrons. The number of thioether (sulfide) groups is 1. The highest BCUT2D eigenvalue weighted by Crippen LogP contribution is 2.28. The molecular formula is C21H19N3S. The summed E-state index contributed by atoms with van der Waals surface area (Å²) in [4.78, 5) is 10.1. The Morgan fingerprint density at radius 2 is 1.68 bits per heavy atom. The van der Waals surface area contributed by atoms with Gasteiger partial charge in [0.2, 0.25) is 0 Å². The lowest BCUT2D eigenvalue weighted by atomic mass is 10.1. The fraction of sp³-hybridized carbons (Fsp3) is 0.143. The summed E-state index contributed by atoms with van der Waals surface area (Å²) in [7, 11) is 0. The maximum absolute atomic E-state index is 4.54. The van der Waals surface area contributed by atoms with Gasteiger partial charge < -0.3 is 0 Å². The summed E-state index contributed by atoms with van der Waals surface area (Å²) in [6.07, 6.45) is 7.75. The summed E-state index contributed by atoms with van der Waals surface area (Å²) in [5.74, 6) is 0. The number of benzene rings is 1. The van der Waals surface area contributed by atoms with Gasteiger partial charge in [-0.2, -0.15) is 0 Å². The first-order chi connectivity index (χ1) is 12.2. The molecule has 3 aromatic heterocycles. The molecule has 0 saturated heterocycles. The molecular weight excluding hydrogens is 326 g/mol. The number of imidazole rings is 1. The molecule has 0 atom stereocenters. The molecule has 0 aliphatic heterocycles. The molecule has 0 spiro atoms. The van der Waals surface area contributed by atoms with Gasteiger partial charge in [-0.3, -0.25) is 9.38 Å². The highest BCUT2D eigenvalue weighted by Gasteiger charge is 2.08. The van der Waals surface area contributed by atoms with Crippen LogP contribution in [0.4, 0.5) is 0 Å². The van der Waals surface area contributed by atoms with E-state index in [1.54, 1.807) is 6.20 Å². The predicted molar refractivity (Wildman–Crippen MR) is 105 cm³/mol. The van der Waals surface area contributed by atoms with E-state index in [1.165, 1.54) is 10.5 Å². The molecule has 0 amide bonds. The first-order valence-corrected chi connectivity index (χ1v) is 9.23. The Bertz CT molecular complexity index is 989. The maximum Gasteiger partial charge on any atom is 0.137 e. The lowest BCUT2D eigenvalue weighted by molar-refractivity contribution is 1.11. The first-order valence-electron chi connectivity index (χ1n) is 8.35. The third-order valence-electron chi connectivity index (χ3n) is 4.02. The van der Waals surface area contributed by atoms with Gasteiger partial charge in [0.1, 0.15) is 5.65 Å². The molecule has 0 unspecified atom stereocenters. The third-order valence-corrected chi connectivity index (χ3v) is 5.04. The third kappa shape index (κ3) is 3.30. The molecule has 124 valence electrons. The van der Waals surface area contributed by atoms with Crippen molar-refractivity contribution in [1.29, 1.82) is 0 Å². The summed E-state index contributed by atoms with van der Waals surface area (Å²) in [6.45, 7) is 4.42. The van der Waals surface area contributed by atoms with Crippen LogP contribution in [0.3, 0.4) is 0 Å². The lowest BCUT2D eigenvalue weighted by Gasteiger charge is -2.08. The average molecular weight is 345 g/mol. The molecule has 0 aliphatic rings. The van der Waals surface area contributed by atoms with Crippen molar-refractivity contribution in [3.8, 4) is 22.4 Å². The van der Waals surface area contributed by atoms with E-state index < -0.39 is 0 Å². The van der Waals surface area contributed by atoms with Gasteiger partial charge in [-0.05, 0) is 30.3 Å². The fourth-order valence-corrected chi connectivity index (χ4v) is 3.71. The van der Waals surface area contributed by atoms with Gasteiger partial charge in [-0.1, -0.05) is 32.0 Å². The molecule has 4 aromatic rings. The quantitative estimate of drug-likeness (QED) is 0.453. The molecule has 1 aromatic carbocycles. The number of hydrogen-bond acceptors (Lipinski definition) is 3. The van der Waals surface area contributed by atoms with Crippen LogP contribution < -0.4 is 0 Å². The highest BCUT2D eigenvalue weighted by molar-refractivity contribution is 7.99. The molecule has 25 heavy (non-hydrogen) atoms. The predicted octanol–water partition coefficient (Wildman–Crippen LogP) is 5.56. The van der Waals surface area contributed by atoms with E-state index in [2.05, 4.69) is 76.9 Å². The van der Waals surface area contributed by atoms with Crippen LogP contribution in [0.15, 0.2) is 78.2 Å². The Balaban J connectivity index is 1.75. The van der Waals surface area contributed by atoms with Crippen LogP contribution >= 0.6 is 11.8 Å². The van der Waals surface area contributed by atoms with E-state index in [0.717, 1.165) is 22.5 Å². The van der Waals surface area contributed by atoms with Gasteiger partial charge in [0.25, 0.3) is 0 Å². The van der Waals surface area contributed by atoms with E-state index in [-0.39, 0.29) is 0 Å². The minimum absolute atomic E-state index is 0.587. The number of aromatic nitrogens is 3. The lowest BCUT2D eigenvalue weighted by Crippen LogP contribution is -1.91. The number of nitrogens with zero attached hydrogens (tertiary/aromatic N) is 3. The van der Waals surface area contributed by atoms with Crippen molar-refractivity contribution in [2.24, 2.45) is 0 Å². The summed E-state index contributed by atoms with van der Waals surface area (Å²) in [5, 5.41) is 0.587. The number of hydrogen-bond donors (Lipinski definition) is 0. The summed E-state index contributed by atoms with van der Waals surface area (Å²) >= 11 is 1.88. The topological polar surface area (TPSA) is 30.2 Å². The molecule has 3 nitrogen and oxygen atoms in total. The molecule has 4 rings (SSSR count). The second-order valence-corrected chi connectivity index (χ2v) is 7.87. The van der Waals surface area contributed by atoms with Crippen LogP contribution in [-0.2, 0) is 0 Å². The zero-order valence-corrected chi connectivity index (χ0v) is 15.1. The van der Waals surface area contributed by atoms with Crippen LogP contribution in [-0.4, -0.2) is 19.6 Å². The van der Waals surface area contributed by atoms with Crippen molar-refractivity contribution in [3.63, 3.8) is 0 Å². The minimum atomic E-state index is 0.587. The van der Waals surface area contributed by atoms with Crippen molar-refractivity contribution in [3.05, 3.63) is 73.3 Å². The van der Waals surface area contributed by atoms with Gasteiger partial charge in [-0.15, -0.1) is 11.8 Å². The van der Waals surface area contributed by atoms with E-state index in [4.69, 9.17) is 0 Å². The minimum Gasteiger partial charge on any atom is -0.299 e. The van der Waals surface area contributed by atoms with Gasteiger partial charge >= 0.3 is 0 Å². The Morgan fingerprint density at radius 1 is 0.880 bits per heavy atom. The maximum atomic E-state index is 4.54. The van der Waals surface area contributed by atoms with E-state index in [0.29, 0.717) is 5.25 Å². The van der Waals surface area contributed by atoms with E-state index in [1.807, 2.05) is 30.2 Å². The van der Waals surface area contributed by atoms with Crippen LogP contribution in [0.5, 0.6) is 0 Å². The Morgan fingerprint density at radius 3 is 2.40 bits per heavy atom. The van der Waals surface area contributed by atoms with E-state index >= 15 is 0 Å². The van der Waals surface area contributed by atoms with E-state index in [9.17, 15) is 0 Å². The monoisotopic (exact) mass is 345 g/mol. The first kappa shape index (κ1) is 15.9. The van der Waals surface area contributed by atoms with Crippen LogP contribution in [0.1, 0.15) is 13.8 Å². The Hall–Kier alpha value is -2.59. The number of rotatable bonds is 4. The molecule has 3 heterocycles. The molecule has 0 N–H and O–H groups in total. The van der Waals surface area contributed by atoms with Crippen LogP contribution in [0.25, 0.3) is 28.0 Å². The van der Waals surface area contributed by atoms with Crippen LogP contribution in [0.2, 0.25) is 0 Å². The molecule has 0 fully saturated rings. The smallest absolute Gasteiger partial charge is 0.137 e. The summed E-state index contributed by atoms with van der Waals surface area (Å²) in [6, 6.07) is 16.9. The summed E-state index contributed by atoms with van der Waals surface area (Å²) < 4.78 is 2.15. The van der Waals surface area contributed by atoms with Crippen LogP contribution in [0, 0.1) is 0 Å². The molecule has 0 aliphatic carbocycles. The highest BCUT2D eigenvalue weighted by atomic mass is 32.2. The van der Waals surface area contributed by atoms with Gasteiger partial charge in [0.05, 0.1) is 11.9 Å². The average Bonchev–Trinajstić information content (AvgIpc) is 3.06. The largest absolute Gasteiger partial charge is 0.299 e. The SMILES string of the molecule is CC(C)Sc1ccc(-c2cnc3ccc(-c4cccnc4)cn23)cc1. The Labute approximate surface area is 151 Å². The van der Waals surface area contributed by atoms with Gasteiger partial charge in [0.15, 0.2) is 0 Å². The van der Waals surface area contributed by atoms with Crippen molar-refractivity contribution >= 4 is 17.4 Å². The second kappa shape index (κ2) is 6.73. The standard InChI is InChI=1S/C21H19N3S/c1-15(2)25-19-8-5-16(6-9-19)20-13-23-21-10-7-18(14-24(20)21)17-4-3-11-22-12-17/h3-15H,1-2H3. The molecule has 0 saturated carbocycles. The fourth-order valence-electron chi connectivity index (χ4n) is 2.87. The van der Waals surface area contributed by atoms with Gasteiger partial charge in [0, 0.05) is 45.4 Å². The molecule has 4 heteroatoms. The van der Waals surface area contributed by atoms with Crippen molar-refractivity contribution in [2.75, 3.05) is 0 Å². The number of fused-ring (bicyclic) bond motifs is 1. The van der Waals surface area contributed by atoms with Crippen molar-refractivity contribution in [2.45, 2.75) is 24.0 Å². The second-order valence-electron chi connectivity index (χ2n) is 6.22. The zero-order chi connectivity index (χ0) is 17.2. The zero-order valence-electron chi connectivity index (χ0n) is 14.3. The Kier molecular flexibility index (Phi) is 4.28. The summed E-state index contributed by atoms with van der Waals surface area (Å²) in [5.41, 5.74) is 5.45. The van der Waals surface area contributed by atoms with Crippen molar-refractivity contribution in [1.82, 2.24) is 14.4 Å². The molecule has 0 bridgehead atoms. The van der Waals surface area contributed by atoms with Crippen molar-refractivity contribution < 1.29 is 0 Å². The van der Waals surface area contributed by atoms with Gasteiger partial charge in [-0.25, -0.2) is 4.98 Å². The normalized spacial score (nSPS) is 11.3.